The summed E-state index contributed by atoms with van der Waals surface area (Å²) in [5.41, 5.74) is 0. The maximum Gasteiger partial charge on any atom is 0.328 e. The Hall–Kier alpha value is -0.800. The van der Waals surface area contributed by atoms with E-state index in [1.807, 2.05) is 17.5 Å². The van der Waals surface area contributed by atoms with Gasteiger partial charge in [0.1, 0.15) is 0 Å². The first kappa shape index (κ1) is 10.2. The molecule has 0 amide bonds. The number of rotatable bonds is 2. The fraction of sp³-hybridized carbons (Fsp3) is 0. The van der Waals surface area contributed by atoms with Crippen molar-refractivity contribution in [3.05, 3.63) is 28.5 Å². The summed E-state index contributed by atoms with van der Waals surface area (Å²) in [6.07, 6.45) is 2.71. The van der Waals surface area contributed by atoms with Crippen LogP contribution >= 0.6 is 23.7 Å². The second-order valence-electron chi connectivity index (χ2n) is 1.69. The maximum atomic E-state index is 10.0. The molecule has 1 aromatic heterocycles. The third kappa shape index (κ3) is 3.80. The quantitative estimate of drug-likeness (QED) is 0.727. The van der Waals surface area contributed by atoms with Crippen LogP contribution < -0.4 is 0 Å². The Bertz CT molecular complexity index is 241. The van der Waals surface area contributed by atoms with E-state index in [1.54, 1.807) is 6.08 Å². The van der Waals surface area contributed by atoms with Gasteiger partial charge in [-0.15, -0.1) is 23.7 Å². The summed E-state index contributed by atoms with van der Waals surface area (Å²) in [5.74, 6) is -0.909. The fourth-order valence-electron chi connectivity index (χ4n) is 0.540. The van der Waals surface area contributed by atoms with E-state index in [1.165, 1.54) is 11.3 Å². The molecule has 2 nitrogen and oxygen atoms in total. The van der Waals surface area contributed by atoms with Crippen LogP contribution in [-0.2, 0) is 4.79 Å². The maximum absolute atomic E-state index is 10.0. The molecule has 0 aliphatic heterocycles. The monoisotopic (exact) mass is 190 g/mol. The second-order valence-corrected chi connectivity index (χ2v) is 2.67. The topological polar surface area (TPSA) is 37.3 Å². The first-order valence-corrected chi connectivity index (χ1v) is 3.61. The number of halogens is 1. The molecule has 0 unspecified atom stereocenters. The zero-order valence-corrected chi connectivity index (χ0v) is 7.19. The zero-order chi connectivity index (χ0) is 7.40. The minimum Gasteiger partial charge on any atom is -0.478 e. The van der Waals surface area contributed by atoms with Gasteiger partial charge in [0.15, 0.2) is 0 Å². The largest absolute Gasteiger partial charge is 0.478 e. The number of carbonyl (C=O) groups is 1. The summed E-state index contributed by atoms with van der Waals surface area (Å²) in [6.45, 7) is 0. The molecule has 0 saturated heterocycles. The van der Waals surface area contributed by atoms with E-state index in [-0.39, 0.29) is 12.4 Å². The molecule has 11 heavy (non-hydrogen) atoms. The lowest BCUT2D eigenvalue weighted by atomic mass is 10.4. The molecule has 1 N–H and O–H groups in total. The normalized spacial score (nSPS) is 9.45. The van der Waals surface area contributed by atoms with Gasteiger partial charge < -0.3 is 5.11 Å². The molecule has 0 atom stereocenters. The highest BCUT2D eigenvalue weighted by Gasteiger charge is 1.87. The highest BCUT2D eigenvalue weighted by Crippen LogP contribution is 2.09. The summed E-state index contributed by atoms with van der Waals surface area (Å²) < 4.78 is 0. The highest BCUT2D eigenvalue weighted by molar-refractivity contribution is 7.10. The lowest BCUT2D eigenvalue weighted by Crippen LogP contribution is -1.84. The van der Waals surface area contributed by atoms with Crippen molar-refractivity contribution in [2.45, 2.75) is 0 Å². The molecule has 1 rings (SSSR count). The van der Waals surface area contributed by atoms with Gasteiger partial charge in [-0.3, -0.25) is 0 Å². The van der Waals surface area contributed by atoms with E-state index in [0.29, 0.717) is 0 Å². The van der Waals surface area contributed by atoms with Crippen molar-refractivity contribution in [2.75, 3.05) is 0 Å². The third-order valence-electron chi connectivity index (χ3n) is 0.933. The van der Waals surface area contributed by atoms with Crippen LogP contribution in [0.1, 0.15) is 4.88 Å². The van der Waals surface area contributed by atoms with Gasteiger partial charge in [-0.2, -0.15) is 0 Å². The molecule has 0 saturated carbocycles. The smallest absolute Gasteiger partial charge is 0.328 e. The molecule has 0 radical (unpaired) electrons. The van der Waals surface area contributed by atoms with Crippen molar-refractivity contribution < 1.29 is 9.90 Å². The van der Waals surface area contributed by atoms with E-state index in [9.17, 15) is 4.79 Å². The highest BCUT2D eigenvalue weighted by atomic mass is 35.5. The first-order chi connectivity index (χ1) is 4.79. The number of hydrogen-bond donors (Lipinski definition) is 1. The fourth-order valence-corrected chi connectivity index (χ4v) is 1.16. The lowest BCUT2D eigenvalue weighted by molar-refractivity contribution is -0.131. The Morgan fingerprint density at radius 1 is 1.64 bits per heavy atom. The molecule has 0 aliphatic carbocycles. The van der Waals surface area contributed by atoms with Crippen LogP contribution in [0, 0.1) is 0 Å². The summed E-state index contributed by atoms with van der Waals surface area (Å²) in [4.78, 5) is 11.0. The Balaban J connectivity index is 0.000001000. The summed E-state index contributed by atoms with van der Waals surface area (Å²) >= 11 is 1.51. The summed E-state index contributed by atoms with van der Waals surface area (Å²) in [6, 6.07) is 3.75. The third-order valence-corrected chi connectivity index (χ3v) is 1.77. The minimum absolute atomic E-state index is 0. The first-order valence-electron chi connectivity index (χ1n) is 2.73. The Morgan fingerprint density at radius 3 is 2.82 bits per heavy atom. The average Bonchev–Trinajstić information content (AvgIpc) is 2.34. The second kappa shape index (κ2) is 4.93. The molecule has 60 valence electrons. The Morgan fingerprint density at radius 2 is 2.36 bits per heavy atom. The van der Waals surface area contributed by atoms with Gasteiger partial charge in [0.2, 0.25) is 0 Å². The number of carboxylic acids is 1. The van der Waals surface area contributed by atoms with Gasteiger partial charge in [-0.05, 0) is 17.5 Å². The molecule has 1 aromatic rings. The molecule has 0 spiro atoms. The SMILES string of the molecule is Cl.O=C(O)/C=C/c1cccs1. The minimum atomic E-state index is -0.909. The van der Waals surface area contributed by atoms with Gasteiger partial charge >= 0.3 is 5.97 Å². The van der Waals surface area contributed by atoms with Crippen LogP contribution in [0.5, 0.6) is 0 Å². The van der Waals surface area contributed by atoms with Crippen LogP contribution in [0.2, 0.25) is 0 Å². The standard InChI is InChI=1S/C7H6O2S.ClH/c8-7(9)4-3-6-2-1-5-10-6;/h1-5H,(H,8,9);1H/b4-3+;. The molecule has 0 aliphatic rings. The van der Waals surface area contributed by atoms with Crippen LogP contribution in [0.25, 0.3) is 6.08 Å². The van der Waals surface area contributed by atoms with E-state index >= 15 is 0 Å². The molecule has 0 bridgehead atoms. The van der Waals surface area contributed by atoms with Crippen LogP contribution in [0.3, 0.4) is 0 Å². The van der Waals surface area contributed by atoms with Crippen LogP contribution in [0.15, 0.2) is 23.6 Å². The zero-order valence-electron chi connectivity index (χ0n) is 5.56. The van der Waals surface area contributed by atoms with Gasteiger partial charge in [0.25, 0.3) is 0 Å². The average molecular weight is 191 g/mol. The predicted octanol–water partition coefficient (Wildman–Crippen LogP) is 2.27. The number of aliphatic carboxylic acids is 1. The van der Waals surface area contributed by atoms with Gasteiger partial charge in [0.05, 0.1) is 0 Å². The summed E-state index contributed by atoms with van der Waals surface area (Å²) in [5, 5.41) is 10.1. The van der Waals surface area contributed by atoms with Gasteiger partial charge in [-0.1, -0.05) is 6.07 Å². The van der Waals surface area contributed by atoms with Gasteiger partial charge in [0, 0.05) is 11.0 Å². The van der Waals surface area contributed by atoms with Gasteiger partial charge in [-0.25, -0.2) is 4.79 Å². The lowest BCUT2D eigenvalue weighted by Gasteiger charge is -1.78. The molecule has 0 aromatic carbocycles. The van der Waals surface area contributed by atoms with Crippen LogP contribution in [-0.4, -0.2) is 11.1 Å². The van der Waals surface area contributed by atoms with E-state index in [2.05, 4.69) is 0 Å². The van der Waals surface area contributed by atoms with E-state index < -0.39 is 5.97 Å². The number of thiophene rings is 1. The van der Waals surface area contributed by atoms with Crippen molar-refractivity contribution in [3.63, 3.8) is 0 Å². The molecular formula is C7H7ClO2S. The number of hydrogen-bond acceptors (Lipinski definition) is 2. The van der Waals surface area contributed by atoms with Crippen molar-refractivity contribution in [1.29, 1.82) is 0 Å². The molecule has 4 heteroatoms. The number of carboxylic acid groups (broad SMARTS) is 1. The summed E-state index contributed by atoms with van der Waals surface area (Å²) in [7, 11) is 0. The Kier molecular flexibility index (Phi) is 4.57. The van der Waals surface area contributed by atoms with Crippen molar-refractivity contribution in [1.82, 2.24) is 0 Å². The molecule has 0 fully saturated rings. The van der Waals surface area contributed by atoms with Crippen LogP contribution in [0.4, 0.5) is 0 Å². The van der Waals surface area contributed by atoms with Crippen molar-refractivity contribution in [3.8, 4) is 0 Å². The molecular weight excluding hydrogens is 184 g/mol. The molecule has 1 heterocycles. The van der Waals surface area contributed by atoms with E-state index in [0.717, 1.165) is 11.0 Å². The predicted molar refractivity (Wildman–Crippen MR) is 48.2 cm³/mol. The van der Waals surface area contributed by atoms with E-state index in [4.69, 9.17) is 5.11 Å². The van der Waals surface area contributed by atoms with Crippen molar-refractivity contribution in [2.24, 2.45) is 0 Å². The Labute approximate surface area is 74.6 Å². The van der Waals surface area contributed by atoms with Crippen molar-refractivity contribution >= 4 is 35.8 Å².